The molecule has 1 aromatic heterocycles. The summed E-state index contributed by atoms with van der Waals surface area (Å²) < 4.78 is 12.9. The molecule has 0 saturated carbocycles. The molecule has 7 rings (SSSR count). The van der Waals surface area contributed by atoms with Gasteiger partial charge in [0.2, 0.25) is 28.5 Å². The third-order valence-corrected chi connectivity index (χ3v) is 10.0. The lowest BCUT2D eigenvalue weighted by atomic mass is 10.0. The molecule has 9 heteroatoms. The SMILES string of the molecule is C=CC1=C(C=C)c2ccccc2P(Nc2nc(NP3Oc4ccccc4-c4ccccc43)nc(-c3ccccc3)n2)O1. The van der Waals surface area contributed by atoms with Crippen LogP contribution >= 0.6 is 16.6 Å². The van der Waals surface area contributed by atoms with Crippen molar-refractivity contribution >= 4 is 44.7 Å². The summed E-state index contributed by atoms with van der Waals surface area (Å²) in [6, 6.07) is 34.3. The van der Waals surface area contributed by atoms with Crippen LogP contribution in [0.2, 0.25) is 0 Å². The predicted octanol–water partition coefficient (Wildman–Crippen LogP) is 7.81. The summed E-state index contributed by atoms with van der Waals surface area (Å²) in [7, 11) is -2.68. The second-order valence-corrected chi connectivity index (χ2v) is 12.3. The Kier molecular flexibility index (Phi) is 6.97. The number of allylic oxidation sites excluding steroid dienone is 3. The first-order valence-corrected chi connectivity index (χ1v) is 15.8. The zero-order valence-corrected chi connectivity index (χ0v) is 24.2. The number of para-hydroxylation sites is 1. The topological polar surface area (TPSA) is 81.2 Å². The summed E-state index contributed by atoms with van der Waals surface area (Å²) in [4.78, 5) is 14.4. The Labute approximate surface area is 246 Å². The smallest absolute Gasteiger partial charge is 0.234 e. The van der Waals surface area contributed by atoms with Gasteiger partial charge in [0.05, 0.1) is 0 Å². The van der Waals surface area contributed by atoms with E-state index in [4.69, 9.17) is 24.0 Å². The van der Waals surface area contributed by atoms with Gasteiger partial charge in [-0.15, -0.1) is 0 Å². The van der Waals surface area contributed by atoms with Crippen molar-refractivity contribution in [2.75, 3.05) is 10.2 Å². The molecule has 0 saturated heterocycles. The van der Waals surface area contributed by atoms with Crippen LogP contribution in [-0.4, -0.2) is 15.0 Å². The number of aromatic nitrogens is 3. The van der Waals surface area contributed by atoms with Crippen molar-refractivity contribution in [1.29, 1.82) is 0 Å². The number of hydrogen-bond acceptors (Lipinski definition) is 7. The summed E-state index contributed by atoms with van der Waals surface area (Å²) in [6.45, 7) is 7.94. The maximum absolute atomic E-state index is 6.48. The Morgan fingerprint density at radius 3 is 1.83 bits per heavy atom. The lowest BCUT2D eigenvalue weighted by Crippen LogP contribution is -2.21. The van der Waals surface area contributed by atoms with Gasteiger partial charge in [0.1, 0.15) is 11.5 Å². The maximum Gasteiger partial charge on any atom is 0.234 e. The Bertz CT molecular complexity index is 1860. The molecule has 0 aliphatic carbocycles. The summed E-state index contributed by atoms with van der Waals surface area (Å²) in [5.74, 6) is 2.80. The van der Waals surface area contributed by atoms with Gasteiger partial charge in [0.25, 0.3) is 0 Å². The third kappa shape index (κ3) is 4.83. The van der Waals surface area contributed by atoms with Crippen molar-refractivity contribution in [3.05, 3.63) is 140 Å². The summed E-state index contributed by atoms with van der Waals surface area (Å²) in [5, 5.41) is 9.02. The van der Waals surface area contributed by atoms with E-state index in [-0.39, 0.29) is 0 Å². The fourth-order valence-corrected chi connectivity index (χ4v) is 7.99. The highest BCUT2D eigenvalue weighted by atomic mass is 31.2. The molecular weight excluding hydrogens is 560 g/mol. The van der Waals surface area contributed by atoms with Gasteiger partial charge in [0, 0.05) is 27.3 Å². The first kappa shape index (κ1) is 26.1. The number of fused-ring (bicyclic) bond motifs is 4. The van der Waals surface area contributed by atoms with E-state index in [2.05, 4.69) is 47.6 Å². The zero-order chi connectivity index (χ0) is 28.5. The summed E-state index contributed by atoms with van der Waals surface area (Å²) in [6.07, 6.45) is 3.50. The average Bonchev–Trinajstić information content (AvgIpc) is 3.05. The second kappa shape index (κ2) is 11.2. The van der Waals surface area contributed by atoms with Gasteiger partial charge in [-0.1, -0.05) is 104 Å². The van der Waals surface area contributed by atoms with Gasteiger partial charge in [-0.05, 0) is 35.4 Å². The van der Waals surface area contributed by atoms with Crippen LogP contribution in [0.25, 0.3) is 28.1 Å². The van der Waals surface area contributed by atoms with Crippen molar-refractivity contribution in [2.45, 2.75) is 0 Å². The summed E-state index contributed by atoms with van der Waals surface area (Å²) >= 11 is 0. The highest BCUT2D eigenvalue weighted by Crippen LogP contribution is 2.49. The van der Waals surface area contributed by atoms with E-state index in [9.17, 15) is 0 Å². The molecule has 42 heavy (non-hydrogen) atoms. The summed E-state index contributed by atoms with van der Waals surface area (Å²) in [5.41, 5.74) is 5.01. The molecule has 0 radical (unpaired) electrons. The fourth-order valence-electron chi connectivity index (χ4n) is 4.90. The van der Waals surface area contributed by atoms with Crippen molar-refractivity contribution in [2.24, 2.45) is 0 Å². The first-order valence-electron chi connectivity index (χ1n) is 13.3. The van der Waals surface area contributed by atoms with Gasteiger partial charge in [0.15, 0.2) is 5.82 Å². The highest BCUT2D eigenvalue weighted by Gasteiger charge is 2.30. The van der Waals surface area contributed by atoms with Crippen LogP contribution in [0.5, 0.6) is 5.75 Å². The fraction of sp³-hybridized carbons (Fsp3) is 0. The Balaban J connectivity index is 1.28. The number of anilines is 2. The van der Waals surface area contributed by atoms with E-state index >= 15 is 0 Å². The number of nitrogens with one attached hydrogen (secondary N) is 2. The van der Waals surface area contributed by atoms with Crippen LogP contribution in [0, 0.1) is 0 Å². The Morgan fingerprint density at radius 1 is 0.571 bits per heavy atom. The van der Waals surface area contributed by atoms with E-state index in [0.29, 0.717) is 23.5 Å². The largest absolute Gasteiger partial charge is 0.448 e. The molecule has 0 bridgehead atoms. The average molecular weight is 586 g/mol. The molecule has 3 heterocycles. The number of nitrogens with zero attached hydrogens (tertiary/aromatic N) is 3. The standard InChI is InChI=1S/C33H25N5O2P2/c1-3-23-25-17-9-12-20-29(25)41(39-27(23)4-2)37-32-34-31(22-14-6-5-7-15-22)35-33(36-32)38-42-30-21-13-10-18-26(30)24-16-8-11-19-28(24)40-42/h3-21H,1-2H2,(H2,34,35,36,37,38). The minimum absolute atomic E-state index is 0.387. The highest BCUT2D eigenvalue weighted by molar-refractivity contribution is 7.63. The van der Waals surface area contributed by atoms with Crippen LogP contribution < -0.4 is 25.3 Å². The molecule has 2 aliphatic heterocycles. The first-order chi connectivity index (χ1) is 20.7. The van der Waals surface area contributed by atoms with Crippen LogP contribution in [0.15, 0.2) is 134 Å². The molecule has 0 spiro atoms. The van der Waals surface area contributed by atoms with Gasteiger partial charge in [-0.3, -0.25) is 10.2 Å². The lowest BCUT2D eigenvalue weighted by Gasteiger charge is -2.29. The normalized spacial score (nSPS) is 16.6. The van der Waals surface area contributed by atoms with Crippen LogP contribution in [0.4, 0.5) is 11.9 Å². The molecule has 2 N–H and O–H groups in total. The molecular formula is C33H25N5O2P2. The van der Waals surface area contributed by atoms with Crippen LogP contribution in [0.3, 0.4) is 0 Å². The van der Waals surface area contributed by atoms with Gasteiger partial charge < -0.3 is 9.05 Å². The third-order valence-electron chi connectivity index (χ3n) is 6.82. The molecule has 7 nitrogen and oxygen atoms in total. The Hall–Kier alpha value is -4.83. The van der Waals surface area contributed by atoms with Crippen molar-refractivity contribution < 1.29 is 9.05 Å². The monoisotopic (exact) mass is 585 g/mol. The molecule has 0 fully saturated rings. The van der Waals surface area contributed by atoms with E-state index < -0.39 is 16.6 Å². The number of benzene rings is 4. The molecule has 0 amide bonds. The molecule has 5 aromatic rings. The number of rotatable bonds is 7. The second-order valence-electron chi connectivity index (χ2n) is 9.38. The van der Waals surface area contributed by atoms with E-state index in [1.54, 1.807) is 12.2 Å². The Morgan fingerprint density at radius 2 is 1.14 bits per heavy atom. The van der Waals surface area contributed by atoms with E-state index in [1.165, 1.54) is 0 Å². The van der Waals surface area contributed by atoms with Gasteiger partial charge in [-0.2, -0.15) is 15.0 Å². The molecule has 4 aromatic carbocycles. The van der Waals surface area contributed by atoms with Crippen LogP contribution in [0.1, 0.15) is 5.56 Å². The van der Waals surface area contributed by atoms with Crippen LogP contribution in [-0.2, 0) is 4.52 Å². The molecule has 2 atom stereocenters. The minimum atomic E-state index is -1.36. The molecule has 204 valence electrons. The quantitative estimate of drug-likeness (QED) is 0.189. The predicted molar refractivity (Wildman–Crippen MR) is 173 cm³/mol. The molecule has 2 aliphatic rings. The lowest BCUT2D eigenvalue weighted by molar-refractivity contribution is 0.503. The van der Waals surface area contributed by atoms with Crippen molar-refractivity contribution in [3.63, 3.8) is 0 Å². The minimum Gasteiger partial charge on any atom is -0.448 e. The van der Waals surface area contributed by atoms with Gasteiger partial charge in [-0.25, -0.2) is 0 Å². The zero-order valence-electron chi connectivity index (χ0n) is 22.4. The van der Waals surface area contributed by atoms with Crippen molar-refractivity contribution in [3.8, 4) is 28.3 Å². The van der Waals surface area contributed by atoms with E-state index in [1.807, 2.05) is 78.9 Å². The maximum atomic E-state index is 6.48. The van der Waals surface area contributed by atoms with Gasteiger partial charge >= 0.3 is 0 Å². The van der Waals surface area contributed by atoms with Crippen molar-refractivity contribution in [1.82, 2.24) is 15.0 Å². The van der Waals surface area contributed by atoms with E-state index in [0.717, 1.165) is 44.2 Å². The molecule has 2 unspecified atom stereocenters. The number of hydrogen-bond donors (Lipinski definition) is 2.